The highest BCUT2D eigenvalue weighted by Gasteiger charge is 2.34. The summed E-state index contributed by atoms with van der Waals surface area (Å²) in [4.78, 5) is 28.7. The summed E-state index contributed by atoms with van der Waals surface area (Å²) in [5, 5.41) is 12.5. The number of phenols is 1. The Morgan fingerprint density at radius 3 is 2.85 bits per heavy atom. The summed E-state index contributed by atoms with van der Waals surface area (Å²) in [6, 6.07) is 4.95. The van der Waals surface area contributed by atoms with Gasteiger partial charge in [-0.25, -0.2) is 0 Å². The summed E-state index contributed by atoms with van der Waals surface area (Å²) in [5.41, 5.74) is 0.825. The van der Waals surface area contributed by atoms with Crippen LogP contribution in [0.15, 0.2) is 18.2 Å². The van der Waals surface area contributed by atoms with Gasteiger partial charge in [0.1, 0.15) is 0 Å². The third kappa shape index (κ3) is 5.11. The molecule has 1 unspecified atom stereocenters. The molecule has 2 amide bonds. The van der Waals surface area contributed by atoms with E-state index < -0.39 is 0 Å². The molecule has 2 fully saturated rings. The Morgan fingerprint density at radius 1 is 1.33 bits per heavy atom. The van der Waals surface area contributed by atoms with E-state index >= 15 is 0 Å². The number of ether oxygens (including phenoxy) is 2. The lowest BCUT2D eigenvalue weighted by atomic mass is 10.1. The number of nitrogens with one attached hydrogen (secondary N) is 1. The molecule has 2 N–H and O–H groups in total. The molecule has 2 aliphatic heterocycles. The number of methoxy groups -OCH3 is 1. The maximum atomic E-state index is 12.4. The smallest absolute Gasteiger partial charge is 0.225 e. The third-order valence-corrected chi connectivity index (χ3v) is 5.09. The third-order valence-electron chi connectivity index (χ3n) is 5.09. The van der Waals surface area contributed by atoms with Crippen molar-refractivity contribution in [2.75, 3.05) is 53.0 Å². The number of aromatic hydroxyl groups is 1. The molecule has 148 valence electrons. The molecule has 3 rings (SSSR count). The van der Waals surface area contributed by atoms with E-state index in [1.165, 1.54) is 13.2 Å². The lowest BCUT2D eigenvalue weighted by molar-refractivity contribution is -0.129. The van der Waals surface area contributed by atoms with Gasteiger partial charge >= 0.3 is 0 Å². The van der Waals surface area contributed by atoms with Gasteiger partial charge in [-0.3, -0.25) is 14.5 Å². The van der Waals surface area contributed by atoms with Gasteiger partial charge in [0.15, 0.2) is 11.5 Å². The van der Waals surface area contributed by atoms with Gasteiger partial charge in [0.2, 0.25) is 11.8 Å². The van der Waals surface area contributed by atoms with Crippen LogP contribution in [0.2, 0.25) is 0 Å². The van der Waals surface area contributed by atoms with Crippen LogP contribution in [0.5, 0.6) is 11.5 Å². The fraction of sp³-hybridized carbons (Fsp3) is 0.579. The molecule has 2 saturated heterocycles. The fourth-order valence-corrected chi connectivity index (χ4v) is 3.42. The Bertz CT molecular complexity index is 675. The molecule has 8 heteroatoms. The van der Waals surface area contributed by atoms with Crippen molar-refractivity contribution in [2.45, 2.75) is 13.0 Å². The molecule has 0 radical (unpaired) electrons. The second-order valence-corrected chi connectivity index (χ2v) is 6.92. The summed E-state index contributed by atoms with van der Waals surface area (Å²) in [6.07, 6.45) is 0.258. The monoisotopic (exact) mass is 377 g/mol. The Balaban J connectivity index is 1.45. The minimum absolute atomic E-state index is 0.0368. The van der Waals surface area contributed by atoms with E-state index in [0.717, 1.165) is 38.4 Å². The second kappa shape index (κ2) is 9.05. The van der Waals surface area contributed by atoms with E-state index in [1.807, 2.05) is 0 Å². The summed E-state index contributed by atoms with van der Waals surface area (Å²) in [6.45, 7) is 5.52. The molecule has 8 nitrogen and oxygen atoms in total. The number of morpholine rings is 1. The van der Waals surface area contributed by atoms with Crippen LogP contribution in [0, 0.1) is 5.92 Å². The topological polar surface area (TPSA) is 91.3 Å². The van der Waals surface area contributed by atoms with Crippen LogP contribution in [0.4, 0.5) is 0 Å². The molecule has 2 aliphatic rings. The van der Waals surface area contributed by atoms with Gasteiger partial charge in [0.25, 0.3) is 0 Å². The zero-order valence-corrected chi connectivity index (χ0v) is 15.6. The van der Waals surface area contributed by atoms with Crippen molar-refractivity contribution < 1.29 is 24.2 Å². The number of likely N-dealkylation sites (tertiary alicyclic amines) is 1. The van der Waals surface area contributed by atoms with Crippen molar-refractivity contribution in [2.24, 2.45) is 5.92 Å². The second-order valence-electron chi connectivity index (χ2n) is 6.92. The maximum Gasteiger partial charge on any atom is 0.225 e. The minimum atomic E-state index is -0.318. The molecule has 0 spiro atoms. The van der Waals surface area contributed by atoms with Crippen LogP contribution in [-0.4, -0.2) is 79.8 Å². The number of benzene rings is 1. The van der Waals surface area contributed by atoms with E-state index in [0.29, 0.717) is 25.4 Å². The van der Waals surface area contributed by atoms with Gasteiger partial charge < -0.3 is 24.8 Å². The highest BCUT2D eigenvalue weighted by molar-refractivity contribution is 5.89. The van der Waals surface area contributed by atoms with Crippen molar-refractivity contribution in [1.29, 1.82) is 0 Å². The number of rotatable bonds is 7. The fourth-order valence-electron chi connectivity index (χ4n) is 3.42. The lowest BCUT2D eigenvalue weighted by Crippen LogP contribution is -2.42. The van der Waals surface area contributed by atoms with Crippen LogP contribution in [0.25, 0.3) is 0 Å². The van der Waals surface area contributed by atoms with Crippen molar-refractivity contribution in [3.05, 3.63) is 23.8 Å². The molecular weight excluding hydrogens is 350 g/mol. The normalized spacial score (nSPS) is 20.7. The predicted molar refractivity (Wildman–Crippen MR) is 98.5 cm³/mol. The van der Waals surface area contributed by atoms with Crippen LogP contribution < -0.4 is 10.1 Å². The van der Waals surface area contributed by atoms with Crippen molar-refractivity contribution in [3.63, 3.8) is 0 Å². The van der Waals surface area contributed by atoms with Crippen molar-refractivity contribution in [3.8, 4) is 11.5 Å². The molecular formula is C19H27N3O5. The number of hydrogen-bond acceptors (Lipinski definition) is 6. The van der Waals surface area contributed by atoms with Gasteiger partial charge in [-0.1, -0.05) is 6.07 Å². The van der Waals surface area contributed by atoms with E-state index in [2.05, 4.69) is 10.2 Å². The first-order chi connectivity index (χ1) is 13.1. The predicted octanol–water partition coefficient (Wildman–Crippen LogP) is 0.198. The van der Waals surface area contributed by atoms with Crippen molar-refractivity contribution >= 4 is 11.8 Å². The first-order valence-corrected chi connectivity index (χ1v) is 9.28. The first-order valence-electron chi connectivity index (χ1n) is 9.28. The highest BCUT2D eigenvalue weighted by atomic mass is 16.5. The SMILES string of the molecule is COc1cc(CNC(=O)C2CC(=O)N(CCN3CCOCC3)C2)ccc1O. The van der Waals surface area contributed by atoms with Gasteiger partial charge in [0.05, 0.1) is 26.2 Å². The Morgan fingerprint density at radius 2 is 2.11 bits per heavy atom. The Kier molecular flexibility index (Phi) is 6.52. The number of carbonyl (C=O) groups is 2. The minimum Gasteiger partial charge on any atom is -0.504 e. The molecule has 2 heterocycles. The number of hydrogen-bond donors (Lipinski definition) is 2. The zero-order chi connectivity index (χ0) is 19.2. The summed E-state index contributed by atoms with van der Waals surface area (Å²) in [5.74, 6) is 0.0251. The summed E-state index contributed by atoms with van der Waals surface area (Å²) in [7, 11) is 1.48. The number of phenolic OH excluding ortho intramolecular Hbond substituents is 1. The number of amides is 2. The highest BCUT2D eigenvalue weighted by Crippen LogP contribution is 2.26. The first kappa shape index (κ1) is 19.4. The van der Waals surface area contributed by atoms with Gasteiger partial charge in [-0.05, 0) is 17.7 Å². The van der Waals surface area contributed by atoms with Crippen LogP contribution in [0.1, 0.15) is 12.0 Å². The van der Waals surface area contributed by atoms with E-state index in [4.69, 9.17) is 9.47 Å². The van der Waals surface area contributed by atoms with Gasteiger partial charge in [0, 0.05) is 45.7 Å². The number of carbonyl (C=O) groups excluding carboxylic acids is 2. The zero-order valence-electron chi connectivity index (χ0n) is 15.6. The molecule has 1 aromatic carbocycles. The Labute approximate surface area is 159 Å². The molecule has 0 saturated carbocycles. The van der Waals surface area contributed by atoms with Crippen LogP contribution in [-0.2, 0) is 20.9 Å². The average Bonchev–Trinajstić information content (AvgIpc) is 3.07. The molecule has 0 aromatic heterocycles. The molecule has 0 bridgehead atoms. The standard InChI is InChI=1S/C19H27N3O5/c1-26-17-10-14(2-3-16(17)23)12-20-19(25)15-11-18(24)22(13-15)5-4-21-6-8-27-9-7-21/h2-3,10,15,23H,4-9,11-13H2,1H3,(H,20,25). The molecule has 27 heavy (non-hydrogen) atoms. The lowest BCUT2D eigenvalue weighted by Gasteiger charge is -2.28. The van der Waals surface area contributed by atoms with Gasteiger partial charge in [-0.15, -0.1) is 0 Å². The van der Waals surface area contributed by atoms with E-state index in [9.17, 15) is 14.7 Å². The molecule has 1 atom stereocenters. The Hall–Kier alpha value is -2.32. The van der Waals surface area contributed by atoms with Gasteiger partial charge in [-0.2, -0.15) is 0 Å². The summed E-state index contributed by atoms with van der Waals surface area (Å²) < 4.78 is 10.4. The van der Waals surface area contributed by atoms with Crippen LogP contribution in [0.3, 0.4) is 0 Å². The van der Waals surface area contributed by atoms with Crippen molar-refractivity contribution in [1.82, 2.24) is 15.1 Å². The average molecular weight is 377 g/mol. The number of nitrogens with zero attached hydrogens (tertiary/aromatic N) is 2. The van der Waals surface area contributed by atoms with E-state index in [-0.39, 0.29) is 29.9 Å². The molecule has 1 aromatic rings. The molecule has 0 aliphatic carbocycles. The maximum absolute atomic E-state index is 12.4. The van der Waals surface area contributed by atoms with E-state index in [1.54, 1.807) is 17.0 Å². The van der Waals surface area contributed by atoms with Crippen LogP contribution >= 0.6 is 0 Å². The quantitative estimate of drug-likeness (QED) is 0.705. The largest absolute Gasteiger partial charge is 0.504 e. The summed E-state index contributed by atoms with van der Waals surface area (Å²) >= 11 is 0.